The van der Waals surface area contributed by atoms with Crippen LogP contribution in [0, 0.1) is 5.41 Å². The molecular formula is C8H16N2O. The van der Waals surface area contributed by atoms with Gasteiger partial charge in [-0.25, -0.2) is 0 Å². The van der Waals surface area contributed by atoms with Crippen molar-refractivity contribution in [3.05, 3.63) is 12.2 Å². The van der Waals surface area contributed by atoms with E-state index in [2.05, 4.69) is 0 Å². The molecule has 0 aromatic rings. The number of rotatable bonds is 4. The van der Waals surface area contributed by atoms with Crippen molar-refractivity contribution < 1.29 is 4.79 Å². The third-order valence-electron chi connectivity index (χ3n) is 1.49. The monoisotopic (exact) mass is 156 g/mol. The standard InChI is InChI=1S/C8H16N2O/c1-8(2,5-6-9)4-3-7(10)11/h3-4H,5-6,9H2,1-2H3,(H2,10,11). The van der Waals surface area contributed by atoms with Gasteiger partial charge in [-0.1, -0.05) is 19.9 Å². The Labute approximate surface area is 67.4 Å². The summed E-state index contributed by atoms with van der Waals surface area (Å²) >= 11 is 0. The molecule has 0 aliphatic heterocycles. The number of nitrogens with two attached hydrogens (primary N) is 2. The van der Waals surface area contributed by atoms with Crippen LogP contribution in [0.15, 0.2) is 12.2 Å². The van der Waals surface area contributed by atoms with Crippen LogP contribution in [0.25, 0.3) is 0 Å². The summed E-state index contributed by atoms with van der Waals surface area (Å²) in [5, 5.41) is 0. The lowest BCUT2D eigenvalue weighted by Crippen LogP contribution is -2.15. The second-order valence-electron chi connectivity index (χ2n) is 3.26. The van der Waals surface area contributed by atoms with E-state index in [1.54, 1.807) is 6.08 Å². The first-order chi connectivity index (χ1) is 4.98. The Hall–Kier alpha value is -0.830. The van der Waals surface area contributed by atoms with Gasteiger partial charge in [0.05, 0.1) is 0 Å². The van der Waals surface area contributed by atoms with E-state index in [4.69, 9.17) is 11.5 Å². The van der Waals surface area contributed by atoms with Gasteiger partial charge in [0, 0.05) is 0 Å². The van der Waals surface area contributed by atoms with Crippen molar-refractivity contribution in [2.45, 2.75) is 20.3 Å². The Morgan fingerprint density at radius 2 is 2.09 bits per heavy atom. The summed E-state index contributed by atoms with van der Waals surface area (Å²) in [4.78, 5) is 10.4. The van der Waals surface area contributed by atoms with Crippen LogP contribution >= 0.6 is 0 Å². The number of carbonyl (C=O) groups excluding carboxylic acids is 1. The molecule has 0 saturated heterocycles. The van der Waals surface area contributed by atoms with Crippen molar-refractivity contribution in [3.63, 3.8) is 0 Å². The maximum absolute atomic E-state index is 10.4. The van der Waals surface area contributed by atoms with Gasteiger partial charge in [-0.05, 0) is 24.5 Å². The fourth-order valence-electron chi connectivity index (χ4n) is 0.763. The van der Waals surface area contributed by atoms with E-state index in [9.17, 15) is 4.79 Å². The van der Waals surface area contributed by atoms with Gasteiger partial charge in [0.2, 0.25) is 5.91 Å². The Morgan fingerprint density at radius 1 is 1.55 bits per heavy atom. The molecule has 4 N–H and O–H groups in total. The second-order valence-corrected chi connectivity index (χ2v) is 3.26. The lowest BCUT2D eigenvalue weighted by atomic mass is 9.89. The molecule has 0 heterocycles. The van der Waals surface area contributed by atoms with Gasteiger partial charge in [-0.15, -0.1) is 0 Å². The molecule has 3 heteroatoms. The molecule has 0 radical (unpaired) electrons. The average molecular weight is 156 g/mol. The Balaban J connectivity index is 3.99. The molecule has 0 rings (SSSR count). The highest BCUT2D eigenvalue weighted by Gasteiger charge is 2.11. The Bertz CT molecular complexity index is 161. The smallest absolute Gasteiger partial charge is 0.241 e. The molecule has 0 bridgehead atoms. The first kappa shape index (κ1) is 10.2. The summed E-state index contributed by atoms with van der Waals surface area (Å²) < 4.78 is 0. The summed E-state index contributed by atoms with van der Waals surface area (Å²) in [7, 11) is 0. The number of allylic oxidation sites excluding steroid dienone is 1. The van der Waals surface area contributed by atoms with E-state index in [1.165, 1.54) is 6.08 Å². The lowest BCUT2D eigenvalue weighted by Gasteiger charge is -2.17. The van der Waals surface area contributed by atoms with Crippen molar-refractivity contribution in [2.75, 3.05) is 6.54 Å². The van der Waals surface area contributed by atoms with E-state index in [0.29, 0.717) is 6.54 Å². The molecule has 1 amide bonds. The van der Waals surface area contributed by atoms with Crippen LogP contribution in [0.3, 0.4) is 0 Å². The quantitative estimate of drug-likeness (QED) is 0.578. The maximum atomic E-state index is 10.4. The van der Waals surface area contributed by atoms with E-state index in [1.807, 2.05) is 13.8 Å². The van der Waals surface area contributed by atoms with Gasteiger partial charge in [-0.2, -0.15) is 0 Å². The summed E-state index contributed by atoms with van der Waals surface area (Å²) in [5.74, 6) is -0.407. The lowest BCUT2D eigenvalue weighted by molar-refractivity contribution is -0.113. The van der Waals surface area contributed by atoms with E-state index >= 15 is 0 Å². The van der Waals surface area contributed by atoms with Crippen molar-refractivity contribution in [1.29, 1.82) is 0 Å². The predicted molar refractivity (Wildman–Crippen MR) is 45.8 cm³/mol. The van der Waals surface area contributed by atoms with E-state index in [0.717, 1.165) is 6.42 Å². The molecule has 64 valence electrons. The molecule has 0 aliphatic carbocycles. The van der Waals surface area contributed by atoms with Crippen molar-refractivity contribution in [3.8, 4) is 0 Å². The van der Waals surface area contributed by atoms with E-state index in [-0.39, 0.29) is 5.41 Å². The van der Waals surface area contributed by atoms with Crippen LogP contribution < -0.4 is 11.5 Å². The van der Waals surface area contributed by atoms with Gasteiger partial charge in [0.15, 0.2) is 0 Å². The molecular weight excluding hydrogens is 140 g/mol. The number of primary amides is 1. The van der Waals surface area contributed by atoms with Crippen LogP contribution in [0.5, 0.6) is 0 Å². The van der Waals surface area contributed by atoms with Crippen LogP contribution in [-0.4, -0.2) is 12.5 Å². The minimum absolute atomic E-state index is 0.0240. The number of hydrogen-bond acceptors (Lipinski definition) is 2. The summed E-state index contributed by atoms with van der Waals surface area (Å²) in [5.41, 5.74) is 10.3. The third kappa shape index (κ3) is 5.61. The fourth-order valence-corrected chi connectivity index (χ4v) is 0.763. The first-order valence-corrected chi connectivity index (χ1v) is 3.67. The minimum Gasteiger partial charge on any atom is -0.366 e. The molecule has 0 atom stereocenters. The Kier molecular flexibility index (Phi) is 3.82. The number of hydrogen-bond donors (Lipinski definition) is 2. The summed E-state index contributed by atoms with van der Waals surface area (Å²) in [6, 6.07) is 0. The summed E-state index contributed by atoms with van der Waals surface area (Å²) in [6.45, 7) is 4.65. The molecule has 0 unspecified atom stereocenters. The van der Waals surface area contributed by atoms with Gasteiger partial charge < -0.3 is 11.5 Å². The normalized spacial score (nSPS) is 12.3. The number of carbonyl (C=O) groups is 1. The molecule has 11 heavy (non-hydrogen) atoms. The predicted octanol–water partition coefficient (Wildman–Crippen LogP) is 0.403. The van der Waals surface area contributed by atoms with Gasteiger partial charge in [0.25, 0.3) is 0 Å². The highest BCUT2D eigenvalue weighted by Crippen LogP contribution is 2.20. The zero-order chi connectivity index (χ0) is 8.91. The molecule has 0 aromatic carbocycles. The minimum atomic E-state index is -0.407. The largest absolute Gasteiger partial charge is 0.366 e. The highest BCUT2D eigenvalue weighted by molar-refractivity contribution is 5.85. The third-order valence-corrected chi connectivity index (χ3v) is 1.49. The van der Waals surface area contributed by atoms with Gasteiger partial charge >= 0.3 is 0 Å². The van der Waals surface area contributed by atoms with Crippen molar-refractivity contribution in [2.24, 2.45) is 16.9 Å². The van der Waals surface area contributed by atoms with Crippen LogP contribution in [0.1, 0.15) is 20.3 Å². The highest BCUT2D eigenvalue weighted by atomic mass is 16.1. The fraction of sp³-hybridized carbons (Fsp3) is 0.625. The zero-order valence-electron chi connectivity index (χ0n) is 7.13. The topological polar surface area (TPSA) is 69.1 Å². The van der Waals surface area contributed by atoms with Crippen molar-refractivity contribution >= 4 is 5.91 Å². The maximum Gasteiger partial charge on any atom is 0.241 e. The van der Waals surface area contributed by atoms with Gasteiger partial charge in [-0.3, -0.25) is 4.79 Å². The Morgan fingerprint density at radius 3 is 2.45 bits per heavy atom. The molecule has 0 aromatic heterocycles. The SMILES string of the molecule is CC(C)(C=CC(N)=O)CCN. The number of amides is 1. The van der Waals surface area contributed by atoms with E-state index < -0.39 is 5.91 Å². The average Bonchev–Trinajstić information content (AvgIpc) is 1.84. The van der Waals surface area contributed by atoms with Gasteiger partial charge in [0.1, 0.15) is 0 Å². The van der Waals surface area contributed by atoms with Crippen LogP contribution in [0.2, 0.25) is 0 Å². The zero-order valence-corrected chi connectivity index (χ0v) is 7.13. The molecule has 3 nitrogen and oxygen atoms in total. The molecule has 0 fully saturated rings. The van der Waals surface area contributed by atoms with Crippen LogP contribution in [-0.2, 0) is 4.79 Å². The van der Waals surface area contributed by atoms with Crippen molar-refractivity contribution in [1.82, 2.24) is 0 Å². The second kappa shape index (κ2) is 4.13. The molecule has 0 saturated carbocycles. The van der Waals surface area contributed by atoms with Crippen LogP contribution in [0.4, 0.5) is 0 Å². The summed E-state index contributed by atoms with van der Waals surface area (Å²) in [6.07, 6.45) is 4.04. The molecule has 0 aliphatic rings. The molecule has 0 spiro atoms. The first-order valence-electron chi connectivity index (χ1n) is 3.67.